The number of benzene rings is 1. The van der Waals surface area contributed by atoms with Crippen molar-refractivity contribution in [3.8, 4) is 5.88 Å². The van der Waals surface area contributed by atoms with E-state index < -0.39 is 34.8 Å². The Bertz CT molecular complexity index is 988. The van der Waals surface area contributed by atoms with Gasteiger partial charge in [0.2, 0.25) is 5.88 Å². The smallest absolute Gasteiger partial charge is 0.276 e. The Kier molecular flexibility index (Phi) is 6.33. The van der Waals surface area contributed by atoms with Crippen LogP contribution >= 0.6 is 46.4 Å². The van der Waals surface area contributed by atoms with Gasteiger partial charge in [-0.15, -0.1) is 11.6 Å². The van der Waals surface area contributed by atoms with Crippen LogP contribution in [-0.4, -0.2) is 38.7 Å². The monoisotopic (exact) mass is 478 g/mol. The summed E-state index contributed by atoms with van der Waals surface area (Å²) >= 11 is 23.5. The number of halogens is 4. The Labute approximate surface area is 183 Å². The largest absolute Gasteiger partial charge is 0.466 e. The Morgan fingerprint density at radius 1 is 1.24 bits per heavy atom. The van der Waals surface area contributed by atoms with E-state index in [-0.39, 0.29) is 26.8 Å². The molecule has 0 bridgehead atoms. The first kappa shape index (κ1) is 21.4. The number of ether oxygens (including phenoxy) is 1. The van der Waals surface area contributed by atoms with Crippen LogP contribution in [0, 0.1) is 10.1 Å². The maximum absolute atomic E-state index is 12.2. The molecule has 2 aromatic rings. The lowest BCUT2D eigenvalue weighted by atomic mass is 9.95. The van der Waals surface area contributed by atoms with Crippen LogP contribution in [0.2, 0.25) is 15.2 Å². The van der Waals surface area contributed by atoms with Crippen molar-refractivity contribution in [1.82, 2.24) is 15.4 Å². The summed E-state index contributed by atoms with van der Waals surface area (Å²) in [6.45, 7) is -0.519. The Morgan fingerprint density at radius 3 is 2.52 bits per heavy atom. The van der Waals surface area contributed by atoms with Crippen LogP contribution in [0.3, 0.4) is 0 Å². The summed E-state index contributed by atoms with van der Waals surface area (Å²) in [4.78, 5) is 38.2. The Morgan fingerprint density at radius 2 is 1.90 bits per heavy atom. The third-order valence-electron chi connectivity index (χ3n) is 3.91. The molecule has 1 aromatic carbocycles. The van der Waals surface area contributed by atoms with Gasteiger partial charge in [-0.05, 0) is 23.8 Å². The molecule has 9 nitrogen and oxygen atoms in total. The van der Waals surface area contributed by atoms with Gasteiger partial charge in [0.25, 0.3) is 17.5 Å². The molecule has 1 N–H and O–H groups in total. The summed E-state index contributed by atoms with van der Waals surface area (Å²) in [7, 11) is 0. The highest BCUT2D eigenvalue weighted by Gasteiger charge is 2.48. The minimum atomic E-state index is -0.927. The van der Waals surface area contributed by atoms with Crippen molar-refractivity contribution >= 4 is 63.9 Å². The zero-order valence-electron chi connectivity index (χ0n) is 14.1. The van der Waals surface area contributed by atoms with E-state index in [1.54, 1.807) is 0 Å². The molecule has 1 fully saturated rings. The SMILES string of the molecule is O=C(COc1nc(Cl)c(Cl)cc1Cl)NN1C(=O)C(Cl)C1c1ccc([N+](=O)[O-])cc1. The molecule has 0 radical (unpaired) electrons. The van der Waals surface area contributed by atoms with E-state index in [0.29, 0.717) is 5.56 Å². The molecule has 1 aliphatic rings. The average molecular weight is 480 g/mol. The summed E-state index contributed by atoms with van der Waals surface area (Å²) in [6, 6.07) is 6.10. The van der Waals surface area contributed by atoms with Gasteiger partial charge >= 0.3 is 0 Å². The van der Waals surface area contributed by atoms with Crippen LogP contribution in [0.4, 0.5) is 5.69 Å². The maximum Gasteiger partial charge on any atom is 0.276 e. The molecular weight excluding hydrogens is 470 g/mol. The molecular formula is C16H10Cl4N4O5. The molecule has 13 heteroatoms. The lowest BCUT2D eigenvalue weighted by Gasteiger charge is -2.43. The number of pyridine rings is 1. The molecule has 3 rings (SSSR count). The number of β-lactam (4-membered cyclic amide) rings is 1. The van der Waals surface area contributed by atoms with Crippen LogP contribution in [0.5, 0.6) is 5.88 Å². The number of carbonyl (C=O) groups is 2. The molecule has 2 atom stereocenters. The van der Waals surface area contributed by atoms with Crippen LogP contribution in [0.1, 0.15) is 11.6 Å². The van der Waals surface area contributed by atoms with E-state index in [4.69, 9.17) is 51.1 Å². The predicted octanol–water partition coefficient (Wildman–Crippen LogP) is 3.55. The van der Waals surface area contributed by atoms with Crippen LogP contribution in [0.25, 0.3) is 0 Å². The number of amides is 2. The Balaban J connectivity index is 1.65. The van der Waals surface area contributed by atoms with E-state index in [1.165, 1.54) is 30.3 Å². The fourth-order valence-electron chi connectivity index (χ4n) is 2.52. The standard InChI is InChI=1S/C16H10Cl4N4O5/c17-9-5-10(18)15(21-14(9)20)29-6-11(25)22-23-13(12(19)16(23)26)7-1-3-8(4-2-7)24(27)28/h1-5,12-13H,6H2,(H,22,25). The number of carbonyl (C=O) groups excluding carboxylic acids is 2. The molecule has 1 aliphatic heterocycles. The van der Waals surface area contributed by atoms with Crippen molar-refractivity contribution in [2.75, 3.05) is 6.61 Å². The molecule has 152 valence electrons. The molecule has 0 spiro atoms. The van der Waals surface area contributed by atoms with Crippen molar-refractivity contribution in [2.24, 2.45) is 0 Å². The number of nitrogens with zero attached hydrogens (tertiary/aromatic N) is 3. The number of non-ortho nitro benzene ring substituents is 1. The summed E-state index contributed by atoms with van der Waals surface area (Å²) in [5.41, 5.74) is 2.78. The first-order valence-corrected chi connectivity index (χ1v) is 9.41. The van der Waals surface area contributed by atoms with Crippen molar-refractivity contribution in [3.05, 3.63) is 61.2 Å². The van der Waals surface area contributed by atoms with Crippen molar-refractivity contribution in [1.29, 1.82) is 0 Å². The fourth-order valence-corrected chi connectivity index (χ4v) is 3.43. The highest BCUT2D eigenvalue weighted by molar-refractivity contribution is 6.42. The van der Waals surface area contributed by atoms with Gasteiger partial charge in [-0.2, -0.15) is 4.98 Å². The normalized spacial score (nSPS) is 18.2. The minimum absolute atomic E-state index is 0.0485. The summed E-state index contributed by atoms with van der Waals surface area (Å²) < 4.78 is 5.20. The van der Waals surface area contributed by atoms with Crippen molar-refractivity contribution in [2.45, 2.75) is 11.4 Å². The number of hydrazine groups is 1. The van der Waals surface area contributed by atoms with Gasteiger partial charge in [-0.3, -0.25) is 25.1 Å². The highest BCUT2D eigenvalue weighted by Crippen LogP contribution is 2.37. The van der Waals surface area contributed by atoms with Crippen LogP contribution in [0.15, 0.2) is 30.3 Å². The highest BCUT2D eigenvalue weighted by atomic mass is 35.5. The van der Waals surface area contributed by atoms with Gasteiger partial charge in [0, 0.05) is 12.1 Å². The zero-order chi connectivity index (χ0) is 21.3. The lowest BCUT2D eigenvalue weighted by Crippen LogP contribution is -2.63. The van der Waals surface area contributed by atoms with Crippen molar-refractivity contribution in [3.63, 3.8) is 0 Å². The summed E-state index contributed by atoms with van der Waals surface area (Å²) in [6.07, 6.45) is 0. The van der Waals surface area contributed by atoms with Gasteiger partial charge in [0.1, 0.15) is 16.4 Å². The molecule has 2 amide bonds. The number of nitrogens with one attached hydrogen (secondary N) is 1. The van der Waals surface area contributed by atoms with Crippen molar-refractivity contribution < 1.29 is 19.2 Å². The minimum Gasteiger partial charge on any atom is -0.466 e. The second kappa shape index (κ2) is 8.58. The predicted molar refractivity (Wildman–Crippen MR) is 105 cm³/mol. The number of aromatic nitrogens is 1. The van der Waals surface area contributed by atoms with E-state index in [9.17, 15) is 19.7 Å². The molecule has 1 aromatic heterocycles. The lowest BCUT2D eigenvalue weighted by molar-refractivity contribution is -0.384. The second-order valence-electron chi connectivity index (χ2n) is 5.78. The van der Waals surface area contributed by atoms with Crippen LogP contribution in [-0.2, 0) is 9.59 Å². The molecule has 2 heterocycles. The zero-order valence-corrected chi connectivity index (χ0v) is 17.2. The molecule has 0 saturated carbocycles. The summed E-state index contributed by atoms with van der Waals surface area (Å²) in [5, 5.41) is 11.0. The number of hydrogen-bond acceptors (Lipinski definition) is 6. The topological polar surface area (TPSA) is 115 Å². The van der Waals surface area contributed by atoms with Gasteiger partial charge < -0.3 is 4.74 Å². The molecule has 1 saturated heterocycles. The first-order chi connectivity index (χ1) is 13.7. The third-order valence-corrected chi connectivity index (χ3v) is 5.28. The van der Waals surface area contributed by atoms with Gasteiger partial charge in [0.15, 0.2) is 11.8 Å². The Hall–Kier alpha value is -2.33. The quantitative estimate of drug-likeness (QED) is 0.223. The third kappa shape index (κ3) is 4.48. The molecule has 0 aliphatic carbocycles. The number of nitro groups is 1. The van der Waals surface area contributed by atoms with E-state index in [1.807, 2.05) is 0 Å². The molecule has 2 unspecified atom stereocenters. The van der Waals surface area contributed by atoms with Gasteiger partial charge in [-0.1, -0.05) is 34.8 Å². The molecule has 29 heavy (non-hydrogen) atoms. The number of nitro benzene ring substituents is 1. The number of hydrogen-bond donors (Lipinski definition) is 1. The fraction of sp³-hybridized carbons (Fsp3) is 0.188. The number of alkyl halides is 1. The van der Waals surface area contributed by atoms with E-state index in [0.717, 1.165) is 5.01 Å². The van der Waals surface area contributed by atoms with Gasteiger partial charge in [-0.25, -0.2) is 5.01 Å². The first-order valence-electron chi connectivity index (χ1n) is 7.84. The van der Waals surface area contributed by atoms with Gasteiger partial charge in [0.05, 0.1) is 9.95 Å². The summed E-state index contributed by atoms with van der Waals surface area (Å²) in [5.74, 6) is -1.32. The van der Waals surface area contributed by atoms with E-state index in [2.05, 4.69) is 10.4 Å². The second-order valence-corrected chi connectivity index (χ2v) is 7.42. The maximum atomic E-state index is 12.2. The average Bonchev–Trinajstić information content (AvgIpc) is 2.69. The number of rotatable bonds is 6. The van der Waals surface area contributed by atoms with E-state index >= 15 is 0 Å². The van der Waals surface area contributed by atoms with Crippen LogP contribution < -0.4 is 10.2 Å².